The molecule has 0 spiro atoms. The monoisotopic (exact) mass is 650 g/mol. The molecular formula is C37H39FN6O4. The highest BCUT2D eigenvalue weighted by atomic mass is 19.1. The molecule has 10 nitrogen and oxygen atoms in total. The number of allylic oxidation sites excluding steroid dienone is 1. The van der Waals surface area contributed by atoms with Crippen LogP contribution in [0.3, 0.4) is 0 Å². The van der Waals surface area contributed by atoms with Crippen LogP contribution in [0.5, 0.6) is 0 Å². The number of aryl methyl sites for hydroxylation is 1. The van der Waals surface area contributed by atoms with Gasteiger partial charge in [0.15, 0.2) is 5.82 Å². The van der Waals surface area contributed by atoms with Crippen LogP contribution in [0, 0.1) is 5.82 Å². The third-order valence-corrected chi connectivity index (χ3v) is 9.78. The number of carbonyl (C=O) groups is 2. The minimum absolute atomic E-state index is 0.0641. The molecular weight excluding hydrogens is 611 g/mol. The van der Waals surface area contributed by atoms with Crippen LogP contribution in [0.15, 0.2) is 65.6 Å². The number of halogens is 1. The molecule has 1 amide bonds. The number of rotatable bonds is 7. The number of nitrogens with one attached hydrogen (secondary N) is 1. The Balaban J connectivity index is 1.24. The Morgan fingerprint density at radius 1 is 1.04 bits per heavy atom. The third kappa shape index (κ3) is 5.94. The van der Waals surface area contributed by atoms with Gasteiger partial charge in [-0.2, -0.15) is 0 Å². The van der Waals surface area contributed by atoms with Crippen LogP contribution in [0.1, 0.15) is 58.6 Å². The van der Waals surface area contributed by atoms with Crippen molar-refractivity contribution in [3.8, 4) is 11.3 Å². The lowest BCUT2D eigenvalue weighted by molar-refractivity contribution is -0.142. The lowest BCUT2D eigenvalue weighted by atomic mass is 9.89. The molecule has 0 radical (unpaired) electrons. The molecule has 2 aromatic carbocycles. The Morgan fingerprint density at radius 3 is 2.52 bits per heavy atom. The fraction of sp³-hybridized carbons (Fsp3) is 0.351. The van der Waals surface area contributed by atoms with E-state index < -0.39 is 11.8 Å². The topological polar surface area (TPSA) is 102 Å². The second-order valence-corrected chi connectivity index (χ2v) is 13.2. The molecule has 7 rings (SSSR count). The van der Waals surface area contributed by atoms with Gasteiger partial charge in [-0.1, -0.05) is 24.3 Å². The number of benzene rings is 2. The van der Waals surface area contributed by atoms with Crippen molar-refractivity contribution in [2.75, 3.05) is 36.9 Å². The van der Waals surface area contributed by atoms with E-state index >= 15 is 4.39 Å². The molecule has 1 saturated heterocycles. The van der Waals surface area contributed by atoms with E-state index in [4.69, 9.17) is 4.74 Å². The first-order chi connectivity index (χ1) is 23.0. The summed E-state index contributed by atoms with van der Waals surface area (Å²) in [7, 11) is 3.74. The minimum Gasteiger partial charge on any atom is -0.461 e. The van der Waals surface area contributed by atoms with Crippen LogP contribution in [0.2, 0.25) is 0 Å². The summed E-state index contributed by atoms with van der Waals surface area (Å²) < 4.78 is 24.4. The predicted octanol–water partition coefficient (Wildman–Crippen LogP) is 5.32. The number of likely N-dealkylation sites (tertiary alicyclic amines) is 1. The molecule has 48 heavy (non-hydrogen) atoms. The van der Waals surface area contributed by atoms with Crippen LogP contribution in [0.4, 0.5) is 21.6 Å². The quantitative estimate of drug-likeness (QED) is 0.214. The zero-order valence-electron chi connectivity index (χ0n) is 27.5. The highest BCUT2D eigenvalue weighted by Crippen LogP contribution is 2.37. The molecule has 2 aliphatic heterocycles. The molecule has 4 aromatic rings. The molecule has 3 aliphatic rings. The number of ether oxygens (including phenoxy) is 1. The van der Waals surface area contributed by atoms with Crippen molar-refractivity contribution in [1.82, 2.24) is 19.0 Å². The number of nitrogens with zero attached hydrogens (tertiary/aromatic N) is 5. The summed E-state index contributed by atoms with van der Waals surface area (Å²) in [5, 5.41) is 3.16. The highest BCUT2D eigenvalue weighted by molar-refractivity contribution is 6.07. The Hall–Kier alpha value is -5.03. The van der Waals surface area contributed by atoms with Gasteiger partial charge in [0.2, 0.25) is 0 Å². The molecule has 0 atom stereocenters. The summed E-state index contributed by atoms with van der Waals surface area (Å²) in [6.07, 6.45) is 5.20. The molecule has 0 saturated carbocycles. The van der Waals surface area contributed by atoms with Gasteiger partial charge in [0, 0.05) is 62.2 Å². The largest absolute Gasteiger partial charge is 0.461 e. The molecule has 0 bridgehead atoms. The number of anilines is 3. The van der Waals surface area contributed by atoms with Crippen LogP contribution < -0.4 is 15.8 Å². The fourth-order valence-electron chi connectivity index (χ4n) is 7.23. The predicted molar refractivity (Wildman–Crippen MR) is 182 cm³/mol. The smallest absolute Gasteiger partial charge is 0.302 e. The van der Waals surface area contributed by atoms with Crippen molar-refractivity contribution in [2.24, 2.45) is 7.05 Å². The summed E-state index contributed by atoms with van der Waals surface area (Å²) in [5.41, 5.74) is 6.77. The van der Waals surface area contributed by atoms with Gasteiger partial charge in [-0.3, -0.25) is 14.4 Å². The maximum absolute atomic E-state index is 15.5. The van der Waals surface area contributed by atoms with E-state index in [2.05, 4.69) is 41.0 Å². The summed E-state index contributed by atoms with van der Waals surface area (Å²) in [5.74, 6) is -0.810. The van der Waals surface area contributed by atoms with Gasteiger partial charge in [-0.25, -0.2) is 9.37 Å². The standard InChI is InChI=1S/C37H39FN6O4/c1-22-15-26-17-34-36(46)44(14-13-43(34)32(26)16-22)33-19-27(38)18-29(30(33)21-48-23(2)45)31-20-42(4)37(47)35(40-31)39-28-7-5-24(6-8-28)25-9-11-41(3)12-10-25/h5-8,17-20,25H,1,9-16,21H2,2-4H3,(H,39,40). The van der Waals surface area contributed by atoms with Crippen molar-refractivity contribution in [2.45, 2.75) is 51.7 Å². The molecule has 2 aromatic heterocycles. The SMILES string of the molecule is C=C1Cc2cc3n(c2C1)CCN(c1cc(F)cc(-c2cn(C)c(=O)c(Nc4ccc(C5CCN(C)CC5)cc4)n2)c1COC(C)=O)C3=O. The number of carbonyl (C=O) groups excluding carboxylic acids is 2. The van der Waals surface area contributed by atoms with Crippen molar-refractivity contribution >= 4 is 29.1 Å². The number of aromatic nitrogens is 3. The first-order valence-electron chi connectivity index (χ1n) is 16.3. The summed E-state index contributed by atoms with van der Waals surface area (Å²) in [6.45, 7) is 8.15. The van der Waals surface area contributed by atoms with Gasteiger partial charge in [0.1, 0.15) is 18.1 Å². The van der Waals surface area contributed by atoms with Gasteiger partial charge in [-0.15, -0.1) is 0 Å². The highest BCUT2D eigenvalue weighted by Gasteiger charge is 2.33. The second-order valence-electron chi connectivity index (χ2n) is 13.2. The number of fused-ring (bicyclic) bond motifs is 3. The van der Waals surface area contributed by atoms with E-state index in [1.165, 1.54) is 40.3 Å². The van der Waals surface area contributed by atoms with E-state index in [-0.39, 0.29) is 29.6 Å². The maximum Gasteiger partial charge on any atom is 0.302 e. The fourth-order valence-corrected chi connectivity index (χ4v) is 7.23. The van der Waals surface area contributed by atoms with E-state index in [0.29, 0.717) is 47.2 Å². The average Bonchev–Trinajstić information content (AvgIpc) is 3.59. The van der Waals surface area contributed by atoms with Gasteiger partial charge in [0.05, 0.1) is 11.4 Å². The summed E-state index contributed by atoms with van der Waals surface area (Å²) in [4.78, 5) is 47.7. The first-order valence-corrected chi connectivity index (χ1v) is 16.3. The zero-order chi connectivity index (χ0) is 33.7. The molecule has 0 unspecified atom stereocenters. The van der Waals surface area contributed by atoms with Crippen molar-refractivity contribution in [3.05, 3.63) is 105 Å². The van der Waals surface area contributed by atoms with Crippen molar-refractivity contribution in [3.63, 3.8) is 0 Å². The van der Waals surface area contributed by atoms with E-state index in [1.807, 2.05) is 22.8 Å². The Bertz CT molecular complexity index is 2010. The van der Waals surface area contributed by atoms with Gasteiger partial charge in [-0.05, 0) is 86.8 Å². The average molecular weight is 651 g/mol. The Kier molecular flexibility index (Phi) is 8.24. The number of hydrogen-bond acceptors (Lipinski definition) is 7. The number of hydrogen-bond donors (Lipinski definition) is 1. The first kappa shape index (κ1) is 31.6. The van der Waals surface area contributed by atoms with Gasteiger partial charge < -0.3 is 29.0 Å². The molecule has 248 valence electrons. The van der Waals surface area contributed by atoms with E-state index in [1.54, 1.807) is 7.05 Å². The van der Waals surface area contributed by atoms with Crippen LogP contribution in [0.25, 0.3) is 11.3 Å². The number of amides is 1. The van der Waals surface area contributed by atoms with Crippen LogP contribution in [-0.2, 0) is 42.6 Å². The van der Waals surface area contributed by atoms with Crippen LogP contribution >= 0.6 is 0 Å². The lowest BCUT2D eigenvalue weighted by Crippen LogP contribution is -2.41. The van der Waals surface area contributed by atoms with Crippen LogP contribution in [-0.4, -0.2) is 57.6 Å². The number of esters is 1. The van der Waals surface area contributed by atoms with E-state index in [9.17, 15) is 14.4 Å². The normalized spacial score (nSPS) is 16.6. The molecule has 1 aliphatic carbocycles. The Morgan fingerprint density at radius 2 is 1.79 bits per heavy atom. The summed E-state index contributed by atoms with van der Waals surface area (Å²) >= 11 is 0. The second kappa shape index (κ2) is 12.5. The third-order valence-electron chi connectivity index (χ3n) is 9.78. The number of piperidine rings is 1. The summed E-state index contributed by atoms with van der Waals surface area (Å²) in [6, 6.07) is 12.5. The maximum atomic E-state index is 15.5. The Labute approximate surface area is 278 Å². The zero-order valence-corrected chi connectivity index (χ0v) is 27.5. The molecule has 4 heterocycles. The van der Waals surface area contributed by atoms with Gasteiger partial charge in [0.25, 0.3) is 11.5 Å². The van der Waals surface area contributed by atoms with E-state index in [0.717, 1.165) is 55.6 Å². The lowest BCUT2D eigenvalue weighted by Gasteiger charge is -2.31. The molecule has 1 N–H and O–H groups in total. The minimum atomic E-state index is -0.589. The molecule has 11 heteroatoms. The van der Waals surface area contributed by atoms with Gasteiger partial charge >= 0.3 is 5.97 Å². The molecule has 1 fully saturated rings. The van der Waals surface area contributed by atoms with Crippen molar-refractivity contribution < 1.29 is 18.7 Å². The van der Waals surface area contributed by atoms with Crippen molar-refractivity contribution in [1.29, 1.82) is 0 Å².